The third kappa shape index (κ3) is 21.6. The molecule has 646 valence electrons. The van der Waals surface area contributed by atoms with E-state index in [0.717, 1.165) is 39.8 Å². The minimum Gasteiger partial charge on any atom is -0.507 e. The molecule has 0 spiro atoms. The number of aromatic hydroxyl groups is 1. The lowest BCUT2D eigenvalue weighted by atomic mass is 9.89. The van der Waals surface area contributed by atoms with Crippen LogP contribution >= 0.6 is 58.4 Å². The summed E-state index contributed by atoms with van der Waals surface area (Å²) >= 11 is 6.05. The lowest BCUT2D eigenvalue weighted by Crippen LogP contribution is -2.64. The number of ether oxygens (including phenoxy) is 5. The number of methoxy groups -OCH3 is 2. The van der Waals surface area contributed by atoms with Crippen LogP contribution in [0.3, 0.4) is 0 Å². The predicted molar refractivity (Wildman–Crippen MR) is 455 cm³/mol. The number of thioether (sulfide) groups is 3. The largest absolute Gasteiger partial charge is 0.507 e. The van der Waals surface area contributed by atoms with Crippen molar-refractivity contribution >= 4 is 145 Å². The minimum absolute atomic E-state index is 0.0108. The highest BCUT2D eigenvalue weighted by atomic mass is 32.2. The molecule has 6 aliphatic rings. The highest BCUT2D eigenvalue weighted by Gasteiger charge is 2.58. The maximum Gasteiger partial charge on any atom is 0.355 e. The second-order valence-electron chi connectivity index (χ2n) is 30.4. The van der Waals surface area contributed by atoms with E-state index in [4.69, 9.17) is 44.8 Å². The molecule has 40 heteroatoms. The number of phenols is 1. The summed E-state index contributed by atoms with van der Waals surface area (Å²) in [5.41, 5.74) is 11.2. The number of pyridine rings is 3. The second kappa shape index (κ2) is 39.6. The Morgan fingerprint density at radius 3 is 1.31 bits per heavy atom. The summed E-state index contributed by atoms with van der Waals surface area (Å²) in [6, 6.07) is 37.4. The van der Waals surface area contributed by atoms with Gasteiger partial charge in [0.05, 0.1) is 36.8 Å². The summed E-state index contributed by atoms with van der Waals surface area (Å²) in [6.07, 6.45) is 12.1. The van der Waals surface area contributed by atoms with Crippen LogP contribution in [-0.2, 0) is 105 Å². The summed E-state index contributed by atoms with van der Waals surface area (Å²) in [7, 11) is 3.16. The molecule has 0 bridgehead atoms. The molecule has 3 amide bonds. The second-order valence-corrected chi connectivity index (χ2v) is 35.3. The van der Waals surface area contributed by atoms with Crippen molar-refractivity contribution in [3.63, 3.8) is 0 Å². The molecule has 0 saturated carbocycles. The number of aliphatic imine (C=N–C) groups is 1. The molecule has 11 heterocycles. The van der Waals surface area contributed by atoms with Crippen LogP contribution in [0, 0.1) is 11.8 Å². The number of hydrogen-bond donors (Lipinski definition) is 5. The third-order valence-electron chi connectivity index (χ3n) is 19.5. The number of carboxylic acid groups (broad SMARTS) is 2. The van der Waals surface area contributed by atoms with Crippen molar-refractivity contribution in [3.05, 3.63) is 227 Å². The van der Waals surface area contributed by atoms with E-state index >= 15 is 0 Å². The number of benzene rings is 3. The van der Waals surface area contributed by atoms with Gasteiger partial charge in [-0.25, -0.2) is 37.7 Å². The average molecular weight is 1790 g/mol. The topological polar surface area (TPSA) is 458 Å². The fourth-order valence-electron chi connectivity index (χ4n) is 13.0. The van der Waals surface area contributed by atoms with E-state index in [2.05, 4.69) is 34.0 Å². The molecule has 3 fully saturated rings. The Labute approximate surface area is 731 Å². The van der Waals surface area contributed by atoms with Crippen molar-refractivity contribution in [2.24, 2.45) is 27.1 Å². The smallest absolute Gasteiger partial charge is 0.355 e. The number of carboxylic acids is 2. The first-order valence-electron chi connectivity index (χ1n) is 38.4. The molecule has 35 nitrogen and oxygen atoms in total. The van der Waals surface area contributed by atoms with Crippen LogP contribution < -0.4 is 34.6 Å². The van der Waals surface area contributed by atoms with Gasteiger partial charge >= 0.3 is 29.8 Å². The number of fused-ring (bicyclic) bond motifs is 3. The van der Waals surface area contributed by atoms with Crippen molar-refractivity contribution in [2.45, 2.75) is 133 Å². The summed E-state index contributed by atoms with van der Waals surface area (Å²) in [5, 5.41) is 35.6. The van der Waals surface area contributed by atoms with E-state index < -0.39 is 98.7 Å². The first kappa shape index (κ1) is 90.4. The van der Waals surface area contributed by atoms with Gasteiger partial charge in [0.15, 0.2) is 96.1 Å². The number of oxime groups is 2. The lowest BCUT2D eigenvalue weighted by molar-refractivity contribution is -0.689. The first-order chi connectivity index (χ1) is 59.2. The van der Waals surface area contributed by atoms with E-state index in [1.807, 2.05) is 105 Å². The van der Waals surface area contributed by atoms with Gasteiger partial charge in [0, 0.05) is 118 Å². The zero-order valence-electron chi connectivity index (χ0n) is 68.5. The van der Waals surface area contributed by atoms with Crippen molar-refractivity contribution in [2.75, 3.05) is 42.9 Å². The number of Topliss-reactive ketones (excluding diaryl/α,β-unsaturated/α-hetero) is 2. The monoisotopic (exact) mass is 1790 g/mol. The maximum atomic E-state index is 13.8. The molecule has 8 aromatic rings. The Morgan fingerprint density at radius 1 is 0.524 bits per heavy atom. The fraction of sp³-hybridized carbons (Fsp3) is 0.333. The van der Waals surface area contributed by atoms with Gasteiger partial charge in [0.1, 0.15) is 58.5 Å². The molecule has 0 unspecified atom stereocenters. The maximum absolute atomic E-state index is 13.8. The van der Waals surface area contributed by atoms with Gasteiger partial charge in [-0.2, -0.15) is 18.7 Å². The molecule has 7 N–H and O–H groups in total. The molecule has 3 aromatic carbocycles. The number of ketones is 2. The molecule has 124 heavy (non-hydrogen) atoms. The van der Waals surface area contributed by atoms with E-state index in [-0.39, 0.29) is 93.5 Å². The molecule has 6 aliphatic heterocycles. The Bertz CT molecular complexity index is 5570. The molecule has 0 aliphatic carbocycles. The van der Waals surface area contributed by atoms with Crippen LogP contribution in [0.4, 0.5) is 10.3 Å². The number of nitrogen functional groups attached to an aromatic ring is 2. The zero-order valence-corrected chi connectivity index (χ0v) is 72.6. The summed E-state index contributed by atoms with van der Waals surface area (Å²) in [6.45, 7) is 11.7. The number of carbonyl (C=O) groups is 10. The minimum atomic E-state index is -1.75. The van der Waals surface area contributed by atoms with Gasteiger partial charge in [0.2, 0.25) is 34.7 Å². The number of esters is 3. The SMILES string of the molecule is CC(C)(O/N=C(\C(=O)C[C@@H]1C(=O)N2C(C(=O)O)=C(C[n+]3ccccc3)CS[C@H]12)c1nsc(N)n1)C(=O)O.COc1ccc(COC(=O)C2=C(C[n+]3ccccc3)CS[C@@H]3[C@H](CC(=O)/C(=N\OC(C)(C)C(=O)OC(C)(C)C)c4nsc(N)n4)C(=O)N23)cc1.COc1ccc(COC(=O)C2=C(C[n+]3ccccc3)CS[C@@H]3[C@H](N=Cc4ccccc4O)C(=O)N23)cc1. The number of para-hydroxylation sites is 1. The van der Waals surface area contributed by atoms with Crippen molar-refractivity contribution in [3.8, 4) is 17.2 Å². The quantitative estimate of drug-likeness (QED) is 0.00725. The number of amides is 3. The van der Waals surface area contributed by atoms with E-state index in [0.29, 0.717) is 65.1 Å². The first-order valence-corrected chi connectivity index (χ1v) is 43.1. The van der Waals surface area contributed by atoms with Gasteiger partial charge in [-0.15, -0.1) is 35.3 Å². The molecule has 0 radical (unpaired) electrons. The normalized spacial score (nSPS) is 18.8. The van der Waals surface area contributed by atoms with Crippen molar-refractivity contribution in [1.82, 2.24) is 33.4 Å². The van der Waals surface area contributed by atoms with E-state index in [9.17, 15) is 63.3 Å². The van der Waals surface area contributed by atoms with E-state index in [1.165, 1.54) is 72.1 Å². The number of β-lactam (4-membered cyclic amide) rings is 3. The van der Waals surface area contributed by atoms with Gasteiger partial charge in [-0.05, 0) is 96.0 Å². The summed E-state index contributed by atoms with van der Waals surface area (Å²) in [5.74, 6) is -5.87. The number of anilines is 2. The molecule has 5 aromatic heterocycles. The number of nitrogens with zero attached hydrogens (tertiary/aromatic N) is 13. The number of aliphatic carboxylic acids is 2. The molecule has 14 rings (SSSR count). The average Bonchev–Trinajstić information content (AvgIpc) is 1.62. The molecular weight excluding hydrogens is 1700 g/mol. The van der Waals surface area contributed by atoms with Crippen LogP contribution in [-0.4, -0.2) is 196 Å². The van der Waals surface area contributed by atoms with Gasteiger partial charge in [-0.3, -0.25) is 43.7 Å². The van der Waals surface area contributed by atoms with Crippen LogP contribution in [0.15, 0.2) is 214 Å². The van der Waals surface area contributed by atoms with Crippen LogP contribution in [0.25, 0.3) is 0 Å². The highest BCUT2D eigenvalue weighted by Crippen LogP contribution is 2.48. The van der Waals surface area contributed by atoms with Gasteiger partial charge in [-0.1, -0.05) is 64.9 Å². The number of phenolic OH excluding ortho intramolecular Hbond substituents is 1. The van der Waals surface area contributed by atoms with Gasteiger partial charge in [0.25, 0.3) is 5.91 Å². The Balaban J connectivity index is 0.000000172. The Morgan fingerprint density at radius 2 is 0.919 bits per heavy atom. The zero-order chi connectivity index (χ0) is 88.9. The van der Waals surface area contributed by atoms with Crippen LogP contribution in [0.1, 0.15) is 89.6 Å². The van der Waals surface area contributed by atoms with Crippen LogP contribution in [0.2, 0.25) is 0 Å². The van der Waals surface area contributed by atoms with Crippen molar-refractivity contribution in [1.29, 1.82) is 0 Å². The third-order valence-corrected chi connectivity index (χ3v) is 24.7. The summed E-state index contributed by atoms with van der Waals surface area (Å²) in [4.78, 5) is 158. The molecular formula is C84H88N15O20S5+3. The lowest BCUT2D eigenvalue weighted by Gasteiger charge is -2.49. The van der Waals surface area contributed by atoms with E-state index in [1.54, 1.807) is 120 Å². The van der Waals surface area contributed by atoms with Crippen molar-refractivity contribution < 1.29 is 110 Å². The highest BCUT2D eigenvalue weighted by molar-refractivity contribution is 8.00. The number of nitrogens with two attached hydrogens (primary N) is 2. The van der Waals surface area contributed by atoms with Crippen LogP contribution in [0.5, 0.6) is 17.2 Å². The van der Waals surface area contributed by atoms with Gasteiger partial charge < -0.3 is 60.1 Å². The number of rotatable bonds is 31. The predicted octanol–water partition coefficient (Wildman–Crippen LogP) is 7.06. The number of carbonyl (C=O) groups excluding carboxylic acids is 8. The number of hydrogen-bond acceptors (Lipinski definition) is 32. The molecule has 6 atom stereocenters. The number of aromatic nitrogens is 7. The fourth-order valence-corrected chi connectivity index (χ4v) is 18.0. The molecule has 3 saturated heterocycles. The standard InChI is InChI=1S/C34H39N6O8S2.C28H25N3O5S.C22H22N6O7S2/c1-33(2,3)47-31(44)34(4,5)48-37-25(27-36-32(35)50-38-27)24(41)16-23-28(42)40-26(30(43)46-18-20-10-12-22(45-6)13-11-20)21(19-49-29(23)40)17-39-14-8-7-9-15-39;1-35-22-11-9-19(10-12-22)17-36-28(34)25-21(16-30-13-5-2-6-14-30)18-37-27-24(26(33)31(25)27)29-15-20-7-3-4-8-23(20)32;1-22(2,20(33)34)35-25-14(16-24-21(23)37-26-16)13(29)8-12-17(30)28-15(19(31)32)11(10-36-18(12)28)9-27-6-4-3-5-7-27/h7-15,23,29H,16-19H2,1-6H3,(H2,35,36,38);2-15,24,27H,16-18H2,1H3;3-7,12,18H,8-10H2,1-2H3,(H3-,23,24,26,31,32,33,34)/q+1;;/p+2/b37-25+;;25-14+/t23-,29-;24-,27-;12-,18-/m111/s1. The summed E-state index contributed by atoms with van der Waals surface area (Å²) < 4.78 is 41.0. The Hall–Kier alpha value is -12.8. The Kier molecular flexibility index (Phi) is 28.9.